The zero-order valence-corrected chi connectivity index (χ0v) is 5.65. The van der Waals surface area contributed by atoms with Gasteiger partial charge in [-0.1, -0.05) is 6.58 Å². The molecule has 1 atom stereocenters. The van der Waals surface area contributed by atoms with Gasteiger partial charge in [-0.05, 0) is 6.42 Å². The maximum atomic E-state index is 10.5. The minimum Gasteiger partial charge on any atom is -0.430 e. The van der Waals surface area contributed by atoms with Gasteiger partial charge in [-0.15, -0.1) is 11.6 Å². The van der Waals surface area contributed by atoms with Crippen LogP contribution in [0.3, 0.4) is 0 Å². The summed E-state index contributed by atoms with van der Waals surface area (Å²) in [6, 6.07) is 0. The summed E-state index contributed by atoms with van der Waals surface area (Å²) in [6.07, 6.45) is 0.652. The Labute approximate surface area is 58.4 Å². The fourth-order valence-corrected chi connectivity index (χ4v) is 0.951. The summed E-state index contributed by atoms with van der Waals surface area (Å²) in [4.78, 5) is 10.5. The molecule has 0 bridgehead atoms. The Morgan fingerprint density at radius 2 is 2.44 bits per heavy atom. The van der Waals surface area contributed by atoms with E-state index in [2.05, 4.69) is 11.3 Å². The molecule has 2 nitrogen and oxygen atoms in total. The number of hydrogen-bond donors (Lipinski definition) is 0. The van der Waals surface area contributed by atoms with Gasteiger partial charge in [-0.3, -0.25) is 4.79 Å². The highest BCUT2D eigenvalue weighted by molar-refractivity contribution is 6.18. The fraction of sp³-hybridized carbons (Fsp3) is 0.500. The first-order valence-corrected chi connectivity index (χ1v) is 3.25. The summed E-state index contributed by atoms with van der Waals surface area (Å²) in [5, 5.41) is 0. The minimum atomic E-state index is -0.194. The smallest absolute Gasteiger partial charge is 0.321 e. The van der Waals surface area contributed by atoms with Crippen LogP contribution >= 0.6 is 11.6 Å². The molecule has 0 aliphatic carbocycles. The van der Waals surface area contributed by atoms with E-state index in [0.29, 0.717) is 18.1 Å². The number of carbonyl (C=O) groups is 1. The third kappa shape index (κ3) is 1.08. The molecule has 0 aromatic heterocycles. The summed E-state index contributed by atoms with van der Waals surface area (Å²) < 4.78 is 4.51. The fourth-order valence-electron chi connectivity index (χ4n) is 0.733. The number of hydrogen-bond acceptors (Lipinski definition) is 2. The highest BCUT2D eigenvalue weighted by atomic mass is 35.5. The van der Waals surface area contributed by atoms with Crippen molar-refractivity contribution in [2.45, 2.75) is 6.42 Å². The summed E-state index contributed by atoms with van der Waals surface area (Å²) in [7, 11) is 0. The number of rotatable bonds is 2. The Kier molecular flexibility index (Phi) is 1.76. The predicted octanol–water partition coefficient (Wildman–Crippen LogP) is 1.30. The van der Waals surface area contributed by atoms with Crippen molar-refractivity contribution in [2.75, 3.05) is 5.88 Å². The van der Waals surface area contributed by atoms with Gasteiger partial charge in [-0.25, -0.2) is 0 Å². The van der Waals surface area contributed by atoms with Crippen LogP contribution in [0.2, 0.25) is 0 Å². The molecule has 9 heavy (non-hydrogen) atoms. The third-order valence-electron chi connectivity index (χ3n) is 1.30. The van der Waals surface area contributed by atoms with Gasteiger partial charge in [0, 0.05) is 5.88 Å². The van der Waals surface area contributed by atoms with Crippen LogP contribution in [0, 0.1) is 5.92 Å². The first-order chi connectivity index (χ1) is 4.25. The van der Waals surface area contributed by atoms with Gasteiger partial charge in [0.25, 0.3) is 0 Å². The van der Waals surface area contributed by atoms with Crippen LogP contribution in [0.4, 0.5) is 0 Å². The van der Waals surface area contributed by atoms with E-state index in [1.54, 1.807) is 0 Å². The number of ether oxygens (including phenoxy) is 1. The molecule has 1 rings (SSSR count). The maximum Gasteiger partial charge on any atom is 0.321 e. The van der Waals surface area contributed by atoms with Crippen molar-refractivity contribution in [3.63, 3.8) is 0 Å². The summed E-state index contributed by atoms with van der Waals surface area (Å²) in [5.41, 5.74) is 0. The van der Waals surface area contributed by atoms with Crippen LogP contribution in [-0.4, -0.2) is 11.8 Å². The summed E-state index contributed by atoms with van der Waals surface area (Å²) in [6.45, 7) is 3.51. The molecule has 3 heteroatoms. The van der Waals surface area contributed by atoms with Gasteiger partial charge in [0.05, 0.1) is 0 Å². The zero-order chi connectivity index (χ0) is 6.85. The lowest BCUT2D eigenvalue weighted by Gasteiger charge is -2.25. The second-order valence-corrected chi connectivity index (χ2v) is 2.30. The van der Waals surface area contributed by atoms with Crippen LogP contribution in [0.5, 0.6) is 0 Å². The largest absolute Gasteiger partial charge is 0.430 e. The molecule has 50 valence electrons. The molecule has 1 aliphatic rings. The van der Waals surface area contributed by atoms with Crippen LogP contribution in [0.25, 0.3) is 0 Å². The normalized spacial score (nSPS) is 25.2. The second-order valence-electron chi connectivity index (χ2n) is 1.92. The second kappa shape index (κ2) is 2.40. The van der Waals surface area contributed by atoms with Gasteiger partial charge in [-0.2, -0.15) is 0 Å². The Bertz CT molecular complexity index is 139. The number of carbonyl (C=O) groups excluding carboxylic acids is 1. The topological polar surface area (TPSA) is 26.3 Å². The third-order valence-corrected chi connectivity index (χ3v) is 1.52. The number of esters is 1. The number of cyclic esters (lactones) is 1. The lowest BCUT2D eigenvalue weighted by Crippen LogP contribution is -2.31. The van der Waals surface area contributed by atoms with E-state index >= 15 is 0 Å². The van der Waals surface area contributed by atoms with Crippen molar-refractivity contribution < 1.29 is 9.53 Å². The van der Waals surface area contributed by atoms with Crippen LogP contribution in [0.1, 0.15) is 6.42 Å². The standard InChI is InChI=1S/C6H7ClO2/c1-4-5(2-3-7)6(8)9-4/h5H,1-3H2/t5-/m0/s1. The molecule has 1 fully saturated rings. The van der Waals surface area contributed by atoms with Crippen molar-refractivity contribution in [3.8, 4) is 0 Å². The molecule has 1 aliphatic heterocycles. The lowest BCUT2D eigenvalue weighted by atomic mass is 10.0. The van der Waals surface area contributed by atoms with Crippen molar-refractivity contribution in [1.29, 1.82) is 0 Å². The van der Waals surface area contributed by atoms with Crippen molar-refractivity contribution in [2.24, 2.45) is 5.92 Å². The molecule has 0 unspecified atom stereocenters. The Balaban J connectivity index is 2.39. The van der Waals surface area contributed by atoms with Crippen molar-refractivity contribution in [1.82, 2.24) is 0 Å². The first kappa shape index (κ1) is 6.62. The van der Waals surface area contributed by atoms with E-state index in [4.69, 9.17) is 11.6 Å². The summed E-state index contributed by atoms with van der Waals surface area (Å²) >= 11 is 5.39. The molecule has 0 spiro atoms. The molecule has 0 aromatic carbocycles. The first-order valence-electron chi connectivity index (χ1n) is 2.72. The summed E-state index contributed by atoms with van der Waals surface area (Å²) in [5.74, 6) is 0.725. The van der Waals surface area contributed by atoms with Gasteiger partial charge in [0.15, 0.2) is 0 Å². The van der Waals surface area contributed by atoms with E-state index < -0.39 is 0 Å². The van der Waals surface area contributed by atoms with Crippen LogP contribution < -0.4 is 0 Å². The van der Waals surface area contributed by atoms with Gasteiger partial charge in [0.1, 0.15) is 11.7 Å². The number of alkyl halides is 1. The monoisotopic (exact) mass is 146 g/mol. The molecule has 0 radical (unpaired) electrons. The Morgan fingerprint density at radius 1 is 1.78 bits per heavy atom. The van der Waals surface area contributed by atoms with E-state index in [1.165, 1.54) is 0 Å². The van der Waals surface area contributed by atoms with Crippen molar-refractivity contribution >= 4 is 17.6 Å². The molecule has 0 aromatic rings. The van der Waals surface area contributed by atoms with Gasteiger partial charge in [0.2, 0.25) is 0 Å². The Morgan fingerprint density at radius 3 is 2.67 bits per heavy atom. The van der Waals surface area contributed by atoms with Crippen LogP contribution in [-0.2, 0) is 9.53 Å². The van der Waals surface area contributed by atoms with Crippen LogP contribution in [0.15, 0.2) is 12.3 Å². The van der Waals surface area contributed by atoms with E-state index in [0.717, 1.165) is 0 Å². The van der Waals surface area contributed by atoms with E-state index in [9.17, 15) is 4.79 Å². The van der Waals surface area contributed by atoms with Gasteiger partial charge < -0.3 is 4.74 Å². The molecule has 0 N–H and O–H groups in total. The molecular formula is C6H7ClO2. The highest BCUT2D eigenvalue weighted by Gasteiger charge is 2.34. The van der Waals surface area contributed by atoms with E-state index in [1.807, 2.05) is 0 Å². The molecular weight excluding hydrogens is 140 g/mol. The number of halogens is 1. The SMILES string of the molecule is C=C1OC(=O)[C@H]1CCCl. The average Bonchev–Trinajstić information content (AvgIpc) is 1.84. The predicted molar refractivity (Wildman–Crippen MR) is 34.1 cm³/mol. The molecule has 1 saturated heterocycles. The maximum absolute atomic E-state index is 10.5. The van der Waals surface area contributed by atoms with Crippen molar-refractivity contribution in [3.05, 3.63) is 12.3 Å². The zero-order valence-electron chi connectivity index (χ0n) is 4.89. The lowest BCUT2D eigenvalue weighted by molar-refractivity contribution is -0.156. The van der Waals surface area contributed by atoms with Gasteiger partial charge >= 0.3 is 5.97 Å². The molecule has 1 heterocycles. The van der Waals surface area contributed by atoms with E-state index in [-0.39, 0.29) is 11.9 Å². The molecule has 0 amide bonds. The quantitative estimate of drug-likeness (QED) is 0.434. The minimum absolute atomic E-state index is 0.123. The molecule has 0 saturated carbocycles. The Hall–Kier alpha value is -0.500. The average molecular weight is 147 g/mol. The highest BCUT2D eigenvalue weighted by Crippen LogP contribution is 2.27.